The Morgan fingerprint density at radius 2 is 1.67 bits per heavy atom. The third-order valence-electron chi connectivity index (χ3n) is 2.74. The molecule has 2 aromatic carbocycles. The van der Waals surface area contributed by atoms with Crippen molar-refractivity contribution in [1.82, 2.24) is 0 Å². The SMILES string of the molecule is CCc1ccc(/C=C/c2cc(Cl)cc(Br)c2)cc1. The fourth-order valence-corrected chi connectivity index (χ4v) is 2.61. The normalized spacial score (nSPS) is 11.1. The topological polar surface area (TPSA) is 0 Å². The predicted molar refractivity (Wildman–Crippen MR) is 83.9 cm³/mol. The molecule has 0 radical (unpaired) electrons. The molecule has 2 rings (SSSR count). The van der Waals surface area contributed by atoms with Crippen LogP contribution in [-0.2, 0) is 6.42 Å². The summed E-state index contributed by atoms with van der Waals surface area (Å²) in [6, 6.07) is 14.5. The van der Waals surface area contributed by atoms with Gasteiger partial charge in [-0.2, -0.15) is 0 Å². The van der Waals surface area contributed by atoms with Crippen LogP contribution in [-0.4, -0.2) is 0 Å². The molecule has 0 saturated heterocycles. The van der Waals surface area contributed by atoms with E-state index in [1.807, 2.05) is 18.2 Å². The van der Waals surface area contributed by atoms with Crippen molar-refractivity contribution in [2.75, 3.05) is 0 Å². The molecule has 18 heavy (non-hydrogen) atoms. The van der Waals surface area contributed by atoms with Crippen LogP contribution in [0.2, 0.25) is 5.02 Å². The van der Waals surface area contributed by atoms with Gasteiger partial charge in [0.15, 0.2) is 0 Å². The standard InChI is InChI=1S/C16H14BrCl/c1-2-12-3-5-13(6-4-12)7-8-14-9-15(17)11-16(18)10-14/h3-11H,2H2,1H3/b8-7+. The minimum atomic E-state index is 0.741. The van der Waals surface area contributed by atoms with E-state index < -0.39 is 0 Å². The molecule has 0 N–H and O–H groups in total. The summed E-state index contributed by atoms with van der Waals surface area (Å²) in [6.45, 7) is 2.16. The second-order valence-electron chi connectivity index (χ2n) is 4.13. The van der Waals surface area contributed by atoms with Gasteiger partial charge in [0.05, 0.1) is 0 Å². The van der Waals surface area contributed by atoms with E-state index in [9.17, 15) is 0 Å². The Hall–Kier alpha value is -1.05. The van der Waals surface area contributed by atoms with Gasteiger partial charge in [-0.15, -0.1) is 0 Å². The molecule has 0 saturated carbocycles. The number of halogens is 2. The zero-order chi connectivity index (χ0) is 13.0. The first kappa shape index (κ1) is 13.4. The van der Waals surface area contributed by atoms with Crippen LogP contribution < -0.4 is 0 Å². The average Bonchev–Trinajstić information content (AvgIpc) is 2.36. The number of rotatable bonds is 3. The summed E-state index contributed by atoms with van der Waals surface area (Å²) >= 11 is 9.45. The first-order valence-electron chi connectivity index (χ1n) is 5.90. The van der Waals surface area contributed by atoms with Crippen molar-refractivity contribution in [2.45, 2.75) is 13.3 Å². The highest BCUT2D eigenvalue weighted by Gasteiger charge is 1.95. The molecule has 0 aliphatic carbocycles. The maximum Gasteiger partial charge on any atom is 0.0423 e. The van der Waals surface area contributed by atoms with Gasteiger partial charge in [-0.25, -0.2) is 0 Å². The van der Waals surface area contributed by atoms with Crippen molar-refractivity contribution in [3.8, 4) is 0 Å². The summed E-state index contributed by atoms with van der Waals surface area (Å²) in [6.07, 6.45) is 5.24. The fraction of sp³-hybridized carbons (Fsp3) is 0.125. The molecule has 0 fully saturated rings. The number of benzene rings is 2. The van der Waals surface area contributed by atoms with Crippen molar-refractivity contribution < 1.29 is 0 Å². The van der Waals surface area contributed by atoms with Gasteiger partial charge < -0.3 is 0 Å². The minimum Gasteiger partial charge on any atom is -0.0843 e. The third kappa shape index (κ3) is 3.72. The van der Waals surface area contributed by atoms with Crippen LogP contribution in [0, 0.1) is 0 Å². The molecule has 0 nitrogen and oxygen atoms in total. The summed E-state index contributed by atoms with van der Waals surface area (Å²) in [7, 11) is 0. The van der Waals surface area contributed by atoms with E-state index in [1.54, 1.807) is 0 Å². The van der Waals surface area contributed by atoms with Crippen LogP contribution in [0.15, 0.2) is 46.9 Å². The second kappa shape index (κ2) is 6.21. The Morgan fingerprint density at radius 1 is 1.00 bits per heavy atom. The van der Waals surface area contributed by atoms with Crippen LogP contribution in [0.4, 0.5) is 0 Å². The monoisotopic (exact) mass is 320 g/mol. The maximum absolute atomic E-state index is 6.01. The molecule has 0 spiro atoms. The lowest BCUT2D eigenvalue weighted by molar-refractivity contribution is 1.14. The lowest BCUT2D eigenvalue weighted by atomic mass is 10.1. The van der Waals surface area contributed by atoms with Crippen molar-refractivity contribution in [3.05, 3.63) is 68.7 Å². The quantitative estimate of drug-likeness (QED) is 0.623. The van der Waals surface area contributed by atoms with Gasteiger partial charge in [-0.3, -0.25) is 0 Å². The van der Waals surface area contributed by atoms with Gasteiger partial charge in [0.1, 0.15) is 0 Å². The zero-order valence-electron chi connectivity index (χ0n) is 10.2. The Balaban J connectivity index is 2.18. The molecule has 0 amide bonds. The Kier molecular flexibility index (Phi) is 4.62. The van der Waals surface area contributed by atoms with Crippen LogP contribution >= 0.6 is 27.5 Å². The van der Waals surface area contributed by atoms with Crippen LogP contribution in [0.3, 0.4) is 0 Å². The number of hydrogen-bond donors (Lipinski definition) is 0. The fourth-order valence-electron chi connectivity index (χ4n) is 1.73. The molecule has 0 unspecified atom stereocenters. The van der Waals surface area contributed by atoms with Gasteiger partial charge in [-0.1, -0.05) is 70.9 Å². The van der Waals surface area contributed by atoms with E-state index in [2.05, 4.69) is 59.3 Å². The summed E-state index contributed by atoms with van der Waals surface area (Å²) in [5.74, 6) is 0. The van der Waals surface area contributed by atoms with Crippen LogP contribution in [0.5, 0.6) is 0 Å². The summed E-state index contributed by atoms with van der Waals surface area (Å²) in [5.41, 5.74) is 3.65. The van der Waals surface area contributed by atoms with Gasteiger partial charge in [-0.05, 0) is 41.3 Å². The molecule has 0 aliphatic heterocycles. The van der Waals surface area contributed by atoms with Gasteiger partial charge >= 0.3 is 0 Å². The Labute approximate surface area is 121 Å². The molecular formula is C16H14BrCl. The maximum atomic E-state index is 6.01. The second-order valence-corrected chi connectivity index (χ2v) is 5.48. The van der Waals surface area contributed by atoms with Gasteiger partial charge in [0.25, 0.3) is 0 Å². The first-order valence-corrected chi connectivity index (χ1v) is 7.07. The minimum absolute atomic E-state index is 0.741. The predicted octanol–water partition coefficient (Wildman–Crippen LogP) is 5.84. The van der Waals surface area contributed by atoms with E-state index in [4.69, 9.17) is 11.6 Å². The van der Waals surface area contributed by atoms with E-state index in [0.29, 0.717) is 0 Å². The molecule has 0 aliphatic rings. The van der Waals surface area contributed by atoms with Crippen molar-refractivity contribution in [3.63, 3.8) is 0 Å². The lowest BCUT2D eigenvalue weighted by Gasteiger charge is -1.99. The highest BCUT2D eigenvalue weighted by Crippen LogP contribution is 2.21. The Morgan fingerprint density at radius 3 is 2.28 bits per heavy atom. The van der Waals surface area contributed by atoms with Crippen molar-refractivity contribution in [1.29, 1.82) is 0 Å². The molecular weight excluding hydrogens is 308 g/mol. The Bertz CT molecular complexity index is 536. The highest BCUT2D eigenvalue weighted by molar-refractivity contribution is 9.10. The molecule has 2 heteroatoms. The van der Waals surface area contributed by atoms with Crippen molar-refractivity contribution >= 4 is 39.7 Å². The van der Waals surface area contributed by atoms with E-state index in [-0.39, 0.29) is 0 Å². The van der Waals surface area contributed by atoms with Crippen molar-refractivity contribution in [2.24, 2.45) is 0 Å². The van der Waals surface area contributed by atoms with Crippen LogP contribution in [0.1, 0.15) is 23.6 Å². The smallest absolute Gasteiger partial charge is 0.0423 e. The third-order valence-corrected chi connectivity index (χ3v) is 3.42. The molecule has 0 aromatic heterocycles. The lowest BCUT2D eigenvalue weighted by Crippen LogP contribution is -1.79. The van der Waals surface area contributed by atoms with E-state index in [0.717, 1.165) is 21.5 Å². The first-order chi connectivity index (χ1) is 8.67. The molecule has 2 aromatic rings. The van der Waals surface area contributed by atoms with Crippen LogP contribution in [0.25, 0.3) is 12.2 Å². The zero-order valence-corrected chi connectivity index (χ0v) is 12.5. The molecule has 0 bridgehead atoms. The van der Waals surface area contributed by atoms with Gasteiger partial charge in [0.2, 0.25) is 0 Å². The summed E-state index contributed by atoms with van der Waals surface area (Å²) in [4.78, 5) is 0. The number of aryl methyl sites for hydroxylation is 1. The summed E-state index contributed by atoms with van der Waals surface area (Å²) < 4.78 is 0.996. The highest BCUT2D eigenvalue weighted by atomic mass is 79.9. The average molecular weight is 322 g/mol. The largest absolute Gasteiger partial charge is 0.0843 e. The summed E-state index contributed by atoms with van der Waals surface area (Å²) in [5, 5.41) is 0.741. The molecule has 92 valence electrons. The molecule has 0 heterocycles. The number of hydrogen-bond acceptors (Lipinski definition) is 0. The molecule has 0 atom stereocenters. The van der Waals surface area contributed by atoms with Gasteiger partial charge in [0, 0.05) is 9.50 Å². The van der Waals surface area contributed by atoms with E-state index in [1.165, 1.54) is 11.1 Å². The van der Waals surface area contributed by atoms with E-state index >= 15 is 0 Å².